The summed E-state index contributed by atoms with van der Waals surface area (Å²) in [6.07, 6.45) is -0.978. The Balaban J connectivity index is 1.63. The van der Waals surface area contributed by atoms with Gasteiger partial charge in [0.05, 0.1) is 6.54 Å². The van der Waals surface area contributed by atoms with Crippen LogP contribution in [0.2, 0.25) is 0 Å². The van der Waals surface area contributed by atoms with Crippen LogP contribution >= 0.6 is 11.3 Å². The molecule has 1 amide bonds. The Morgan fingerprint density at radius 1 is 1.23 bits per heavy atom. The van der Waals surface area contributed by atoms with Crippen molar-refractivity contribution in [3.63, 3.8) is 0 Å². The summed E-state index contributed by atoms with van der Waals surface area (Å²) < 4.78 is 32.0. The van der Waals surface area contributed by atoms with Crippen molar-refractivity contribution in [1.29, 1.82) is 0 Å². The fraction of sp³-hybridized carbons (Fsp3) is 0.214. The van der Waals surface area contributed by atoms with E-state index in [4.69, 9.17) is 4.74 Å². The summed E-state index contributed by atoms with van der Waals surface area (Å²) >= 11 is 1.14. The molecular formula is C14H14N2O4S2. The molecule has 6 nitrogen and oxygen atoms in total. The van der Waals surface area contributed by atoms with E-state index in [1.54, 1.807) is 23.6 Å². The van der Waals surface area contributed by atoms with Gasteiger partial charge in [-0.1, -0.05) is 24.3 Å². The Hall–Kier alpha value is -1.90. The second kappa shape index (κ2) is 6.07. The molecule has 1 atom stereocenters. The van der Waals surface area contributed by atoms with Crippen molar-refractivity contribution < 1.29 is 17.9 Å². The molecule has 1 aromatic heterocycles. The summed E-state index contributed by atoms with van der Waals surface area (Å²) in [7, 11) is -3.55. The first-order valence-electron chi connectivity index (χ1n) is 6.62. The first-order chi connectivity index (χ1) is 10.6. The van der Waals surface area contributed by atoms with Crippen LogP contribution in [-0.4, -0.2) is 33.7 Å². The van der Waals surface area contributed by atoms with Gasteiger partial charge in [-0.2, -0.15) is 0 Å². The Morgan fingerprint density at radius 3 is 2.68 bits per heavy atom. The molecule has 8 heteroatoms. The van der Waals surface area contributed by atoms with Crippen LogP contribution in [0, 0.1) is 0 Å². The number of sulfonamides is 1. The van der Waals surface area contributed by atoms with Crippen LogP contribution in [0.3, 0.4) is 0 Å². The molecule has 22 heavy (non-hydrogen) atoms. The number of amides is 1. The molecular weight excluding hydrogens is 324 g/mol. The second-order valence-corrected chi connectivity index (χ2v) is 7.68. The molecule has 1 saturated heterocycles. The lowest BCUT2D eigenvalue weighted by Crippen LogP contribution is -2.34. The van der Waals surface area contributed by atoms with E-state index < -0.39 is 22.2 Å². The van der Waals surface area contributed by atoms with Crippen molar-refractivity contribution in [3.8, 4) is 0 Å². The summed E-state index contributed by atoms with van der Waals surface area (Å²) in [5.74, 6) is 0. The van der Waals surface area contributed by atoms with Crippen LogP contribution in [0.4, 0.5) is 10.5 Å². The molecule has 3 rings (SSSR count). The van der Waals surface area contributed by atoms with Crippen molar-refractivity contribution in [2.24, 2.45) is 0 Å². The number of ether oxygens (including phenoxy) is 1. The molecule has 0 saturated carbocycles. The number of cyclic esters (lactones) is 1. The molecule has 2 heterocycles. The summed E-state index contributed by atoms with van der Waals surface area (Å²) in [5.41, 5.74) is 0.733. The van der Waals surface area contributed by atoms with Crippen molar-refractivity contribution in [2.75, 3.05) is 18.0 Å². The number of nitrogens with one attached hydrogen (secondary N) is 1. The summed E-state index contributed by atoms with van der Waals surface area (Å²) in [6, 6.07) is 12.3. The third-order valence-corrected chi connectivity index (χ3v) is 6.02. The fourth-order valence-corrected chi connectivity index (χ4v) is 4.24. The van der Waals surface area contributed by atoms with Gasteiger partial charge < -0.3 is 4.74 Å². The summed E-state index contributed by atoms with van der Waals surface area (Å²) in [4.78, 5) is 13.4. The van der Waals surface area contributed by atoms with E-state index in [1.165, 1.54) is 11.0 Å². The van der Waals surface area contributed by atoms with Crippen LogP contribution in [0.15, 0.2) is 52.1 Å². The van der Waals surface area contributed by atoms with Crippen LogP contribution in [0.25, 0.3) is 0 Å². The van der Waals surface area contributed by atoms with Crippen LogP contribution in [0.1, 0.15) is 0 Å². The first-order valence-corrected chi connectivity index (χ1v) is 8.99. The van der Waals surface area contributed by atoms with E-state index in [0.717, 1.165) is 17.0 Å². The predicted molar refractivity (Wildman–Crippen MR) is 83.6 cm³/mol. The molecule has 0 spiro atoms. The average molecular weight is 338 g/mol. The molecule has 2 aromatic rings. The van der Waals surface area contributed by atoms with Crippen LogP contribution < -0.4 is 9.62 Å². The third kappa shape index (κ3) is 3.13. The molecule has 116 valence electrons. The molecule has 0 unspecified atom stereocenters. The van der Waals surface area contributed by atoms with Crippen LogP contribution in [-0.2, 0) is 14.8 Å². The maximum Gasteiger partial charge on any atom is 0.414 e. The summed E-state index contributed by atoms with van der Waals surface area (Å²) in [6.45, 7) is 0.366. The van der Waals surface area contributed by atoms with E-state index in [9.17, 15) is 13.2 Å². The smallest absolute Gasteiger partial charge is 0.414 e. The minimum absolute atomic E-state index is 0.0509. The van der Waals surface area contributed by atoms with Gasteiger partial charge in [0.2, 0.25) is 10.0 Å². The van der Waals surface area contributed by atoms with Gasteiger partial charge in [0.15, 0.2) is 0 Å². The lowest BCUT2D eigenvalue weighted by atomic mass is 10.3. The quantitative estimate of drug-likeness (QED) is 0.905. The molecule has 1 aliphatic rings. The number of para-hydroxylation sites is 1. The highest BCUT2D eigenvalue weighted by Crippen LogP contribution is 2.21. The number of rotatable bonds is 5. The molecule has 0 bridgehead atoms. The maximum absolute atomic E-state index is 12.0. The highest BCUT2D eigenvalue weighted by atomic mass is 32.2. The number of carbonyl (C=O) groups is 1. The number of benzene rings is 1. The highest BCUT2D eigenvalue weighted by Gasteiger charge is 2.33. The monoisotopic (exact) mass is 338 g/mol. The number of hydrogen-bond donors (Lipinski definition) is 1. The van der Waals surface area contributed by atoms with E-state index in [2.05, 4.69) is 4.72 Å². The molecule has 1 N–H and O–H groups in total. The zero-order valence-corrected chi connectivity index (χ0v) is 13.1. The van der Waals surface area contributed by atoms with Gasteiger partial charge in [0.1, 0.15) is 10.3 Å². The maximum atomic E-state index is 12.0. The third-order valence-electron chi connectivity index (χ3n) is 3.20. The highest BCUT2D eigenvalue weighted by molar-refractivity contribution is 7.91. The molecule has 0 aliphatic carbocycles. The first kappa shape index (κ1) is 15.0. The average Bonchev–Trinajstić information content (AvgIpc) is 3.16. The number of carbonyl (C=O) groups excluding carboxylic acids is 1. The van der Waals surface area contributed by atoms with Crippen molar-refractivity contribution in [1.82, 2.24) is 4.72 Å². The topological polar surface area (TPSA) is 75.7 Å². The predicted octanol–water partition coefficient (Wildman–Crippen LogP) is 2.05. The minimum Gasteiger partial charge on any atom is -0.443 e. The van der Waals surface area contributed by atoms with Crippen molar-refractivity contribution in [2.45, 2.75) is 10.3 Å². The normalized spacial score (nSPS) is 18.5. The largest absolute Gasteiger partial charge is 0.443 e. The zero-order chi connectivity index (χ0) is 15.6. The number of nitrogens with zero attached hydrogens (tertiary/aromatic N) is 1. The van der Waals surface area contributed by atoms with E-state index >= 15 is 0 Å². The molecule has 1 aromatic carbocycles. The number of hydrogen-bond acceptors (Lipinski definition) is 5. The van der Waals surface area contributed by atoms with Gasteiger partial charge in [0, 0.05) is 12.2 Å². The van der Waals surface area contributed by atoms with Gasteiger partial charge in [-0.3, -0.25) is 4.90 Å². The fourth-order valence-electron chi connectivity index (χ4n) is 2.14. The number of thiophene rings is 1. The number of anilines is 1. The lowest BCUT2D eigenvalue weighted by Gasteiger charge is -2.12. The molecule has 0 radical (unpaired) electrons. The standard InChI is InChI=1S/C14H14N2O4S2/c17-14-16(11-5-2-1-3-6-11)10-12(20-14)9-15-22(18,19)13-7-4-8-21-13/h1-8,12,15H,9-10H2/t12-/m1/s1. The van der Waals surface area contributed by atoms with Crippen molar-refractivity contribution in [3.05, 3.63) is 47.8 Å². The zero-order valence-electron chi connectivity index (χ0n) is 11.5. The van der Waals surface area contributed by atoms with E-state index in [-0.39, 0.29) is 10.8 Å². The van der Waals surface area contributed by atoms with E-state index in [0.29, 0.717) is 6.54 Å². The Morgan fingerprint density at radius 2 is 2.00 bits per heavy atom. The van der Waals surface area contributed by atoms with Gasteiger partial charge in [-0.15, -0.1) is 11.3 Å². The Kier molecular flexibility index (Phi) is 4.14. The molecule has 1 fully saturated rings. The molecule has 1 aliphatic heterocycles. The second-order valence-electron chi connectivity index (χ2n) is 4.74. The Labute approximate surface area is 132 Å². The van der Waals surface area contributed by atoms with Gasteiger partial charge in [-0.25, -0.2) is 17.9 Å². The summed E-state index contributed by atoms with van der Waals surface area (Å²) in [5, 5.41) is 1.70. The minimum atomic E-state index is -3.55. The van der Waals surface area contributed by atoms with Crippen molar-refractivity contribution >= 4 is 33.1 Å². The Bertz CT molecular complexity index is 744. The van der Waals surface area contributed by atoms with E-state index in [1.807, 2.05) is 18.2 Å². The van der Waals surface area contributed by atoms with Gasteiger partial charge >= 0.3 is 6.09 Å². The van der Waals surface area contributed by atoms with Gasteiger partial charge in [0.25, 0.3) is 0 Å². The van der Waals surface area contributed by atoms with Crippen LogP contribution in [0.5, 0.6) is 0 Å². The SMILES string of the molecule is O=C1O[C@H](CNS(=O)(=O)c2cccs2)CN1c1ccccc1. The lowest BCUT2D eigenvalue weighted by molar-refractivity contribution is 0.143. The van der Waals surface area contributed by atoms with Gasteiger partial charge in [-0.05, 0) is 23.6 Å².